The maximum Gasteiger partial charge on any atom is 0.205 e. The monoisotopic (exact) mass is 257 g/mol. The minimum atomic E-state index is -0.397. The Balaban J connectivity index is 1.97. The fraction of sp³-hybridized carbons (Fsp3) is 0.438. The van der Waals surface area contributed by atoms with Gasteiger partial charge in [0.15, 0.2) is 5.76 Å². The number of benzene rings is 1. The molecule has 0 unspecified atom stereocenters. The Morgan fingerprint density at radius 2 is 1.95 bits per heavy atom. The van der Waals surface area contributed by atoms with E-state index in [9.17, 15) is 4.79 Å². The van der Waals surface area contributed by atoms with Crippen molar-refractivity contribution < 1.29 is 9.21 Å². The fourth-order valence-corrected chi connectivity index (χ4v) is 3.11. The van der Waals surface area contributed by atoms with Crippen molar-refractivity contribution in [2.75, 3.05) is 6.54 Å². The van der Waals surface area contributed by atoms with Crippen LogP contribution in [0.1, 0.15) is 42.7 Å². The molecule has 19 heavy (non-hydrogen) atoms. The molecule has 1 fully saturated rings. The van der Waals surface area contributed by atoms with Crippen molar-refractivity contribution in [2.45, 2.75) is 32.1 Å². The molecule has 0 saturated heterocycles. The molecule has 3 rings (SSSR count). The van der Waals surface area contributed by atoms with Gasteiger partial charge in [0, 0.05) is 17.3 Å². The number of rotatable bonds is 3. The highest BCUT2D eigenvalue weighted by Gasteiger charge is 2.40. The molecule has 0 atom stereocenters. The van der Waals surface area contributed by atoms with Gasteiger partial charge in [-0.3, -0.25) is 4.79 Å². The van der Waals surface area contributed by atoms with Gasteiger partial charge in [-0.25, -0.2) is 0 Å². The lowest BCUT2D eigenvalue weighted by atomic mass is 9.70. The van der Waals surface area contributed by atoms with Crippen molar-refractivity contribution in [2.24, 2.45) is 11.1 Å². The summed E-state index contributed by atoms with van der Waals surface area (Å²) in [6, 6.07) is 9.57. The van der Waals surface area contributed by atoms with E-state index in [1.54, 1.807) is 0 Å². The molecule has 0 radical (unpaired) electrons. The number of para-hydroxylation sites is 1. The van der Waals surface area contributed by atoms with Gasteiger partial charge >= 0.3 is 0 Å². The number of carbonyl (C=O) groups is 1. The maximum atomic E-state index is 12.7. The summed E-state index contributed by atoms with van der Waals surface area (Å²) in [4.78, 5) is 12.7. The number of hydrogen-bond donors (Lipinski definition) is 1. The molecule has 0 spiro atoms. The molecule has 0 bridgehead atoms. The first kappa shape index (κ1) is 12.4. The highest BCUT2D eigenvalue weighted by atomic mass is 16.3. The lowest BCUT2D eigenvalue weighted by molar-refractivity contribution is 0.0700. The summed E-state index contributed by atoms with van der Waals surface area (Å²) in [5.41, 5.74) is 6.28. The van der Waals surface area contributed by atoms with Crippen molar-refractivity contribution in [3.05, 3.63) is 36.1 Å². The first-order chi connectivity index (χ1) is 9.25. The number of ketones is 1. The summed E-state index contributed by atoms with van der Waals surface area (Å²) in [6.45, 7) is 0.420. The molecule has 1 aliphatic rings. The van der Waals surface area contributed by atoms with Crippen molar-refractivity contribution in [3.63, 3.8) is 0 Å². The quantitative estimate of drug-likeness (QED) is 0.856. The van der Waals surface area contributed by atoms with Gasteiger partial charge in [0.2, 0.25) is 5.78 Å². The second-order valence-electron chi connectivity index (χ2n) is 5.52. The number of carbonyl (C=O) groups excluding carboxylic acids is 1. The molecule has 1 saturated carbocycles. The highest BCUT2D eigenvalue weighted by Crippen LogP contribution is 2.39. The van der Waals surface area contributed by atoms with Crippen molar-refractivity contribution >= 4 is 16.8 Å². The van der Waals surface area contributed by atoms with Crippen LogP contribution < -0.4 is 5.73 Å². The third kappa shape index (κ3) is 2.08. The van der Waals surface area contributed by atoms with Crippen molar-refractivity contribution in [1.82, 2.24) is 0 Å². The lowest BCUT2D eigenvalue weighted by Gasteiger charge is -2.33. The molecule has 3 heteroatoms. The summed E-state index contributed by atoms with van der Waals surface area (Å²) >= 11 is 0. The largest absolute Gasteiger partial charge is 0.453 e. The van der Waals surface area contributed by atoms with E-state index >= 15 is 0 Å². The summed E-state index contributed by atoms with van der Waals surface area (Å²) in [6.07, 6.45) is 5.15. The zero-order chi connectivity index (χ0) is 13.3. The van der Waals surface area contributed by atoms with E-state index in [0.29, 0.717) is 12.3 Å². The molecule has 0 aliphatic heterocycles. The minimum absolute atomic E-state index is 0.0888. The van der Waals surface area contributed by atoms with E-state index in [0.717, 1.165) is 36.7 Å². The van der Waals surface area contributed by atoms with Crippen LogP contribution in [-0.4, -0.2) is 12.3 Å². The molecule has 1 aliphatic carbocycles. The van der Waals surface area contributed by atoms with E-state index in [4.69, 9.17) is 10.2 Å². The molecular weight excluding hydrogens is 238 g/mol. The molecule has 3 nitrogen and oxygen atoms in total. The topological polar surface area (TPSA) is 56.2 Å². The second-order valence-corrected chi connectivity index (χ2v) is 5.52. The molecule has 0 amide bonds. The Labute approximate surface area is 112 Å². The zero-order valence-electron chi connectivity index (χ0n) is 11.0. The van der Waals surface area contributed by atoms with Crippen LogP contribution in [0.5, 0.6) is 0 Å². The second kappa shape index (κ2) is 4.82. The van der Waals surface area contributed by atoms with Crippen LogP contribution in [0.3, 0.4) is 0 Å². The van der Waals surface area contributed by atoms with Crippen LogP contribution in [0.25, 0.3) is 11.0 Å². The average Bonchev–Trinajstić information content (AvgIpc) is 2.91. The number of hydrogen-bond acceptors (Lipinski definition) is 3. The number of nitrogens with two attached hydrogens (primary N) is 1. The van der Waals surface area contributed by atoms with Gasteiger partial charge in [0.25, 0.3) is 0 Å². The van der Waals surface area contributed by atoms with E-state index in [1.165, 1.54) is 6.42 Å². The zero-order valence-corrected chi connectivity index (χ0v) is 11.0. The van der Waals surface area contributed by atoms with Crippen LogP contribution >= 0.6 is 0 Å². The fourth-order valence-electron chi connectivity index (χ4n) is 3.11. The van der Waals surface area contributed by atoms with Crippen LogP contribution in [0.15, 0.2) is 34.7 Å². The SMILES string of the molecule is NCC1(C(=O)c2cc3ccccc3o2)CCCCC1. The van der Waals surface area contributed by atoms with Crippen molar-refractivity contribution in [1.29, 1.82) is 0 Å². The van der Waals surface area contributed by atoms with Crippen LogP contribution in [-0.2, 0) is 0 Å². The van der Waals surface area contributed by atoms with E-state index in [-0.39, 0.29) is 5.78 Å². The predicted octanol–water partition coefficient (Wildman–Crippen LogP) is 3.52. The third-order valence-electron chi connectivity index (χ3n) is 4.33. The normalized spacial score (nSPS) is 18.6. The Kier molecular flexibility index (Phi) is 3.15. The third-order valence-corrected chi connectivity index (χ3v) is 4.33. The first-order valence-electron chi connectivity index (χ1n) is 6.99. The van der Waals surface area contributed by atoms with Gasteiger partial charge < -0.3 is 10.2 Å². The Hall–Kier alpha value is -1.61. The van der Waals surface area contributed by atoms with E-state index < -0.39 is 5.41 Å². The first-order valence-corrected chi connectivity index (χ1v) is 6.99. The van der Waals surface area contributed by atoms with Crippen LogP contribution in [0, 0.1) is 5.41 Å². The predicted molar refractivity (Wildman–Crippen MR) is 75.1 cm³/mol. The highest BCUT2D eigenvalue weighted by molar-refractivity contribution is 6.01. The van der Waals surface area contributed by atoms with Gasteiger partial charge in [-0.2, -0.15) is 0 Å². The smallest absolute Gasteiger partial charge is 0.205 e. The molecule has 2 N–H and O–H groups in total. The lowest BCUT2D eigenvalue weighted by Crippen LogP contribution is -2.40. The molecule has 1 aromatic carbocycles. The van der Waals surface area contributed by atoms with Crippen LogP contribution in [0.4, 0.5) is 0 Å². The van der Waals surface area contributed by atoms with E-state index in [2.05, 4.69) is 0 Å². The molecule has 1 heterocycles. The van der Waals surface area contributed by atoms with Gasteiger partial charge in [0.1, 0.15) is 5.58 Å². The average molecular weight is 257 g/mol. The number of Topliss-reactive ketones (excluding diaryl/α,β-unsaturated/α-hetero) is 1. The Bertz CT molecular complexity index is 561. The van der Waals surface area contributed by atoms with Gasteiger partial charge in [-0.15, -0.1) is 0 Å². The Morgan fingerprint density at radius 3 is 2.63 bits per heavy atom. The molecule has 100 valence electrons. The minimum Gasteiger partial charge on any atom is -0.453 e. The standard InChI is InChI=1S/C16H19NO2/c17-11-16(8-4-1-5-9-16)15(18)14-10-12-6-2-3-7-13(12)19-14/h2-3,6-7,10H,1,4-5,8-9,11,17H2. The maximum absolute atomic E-state index is 12.7. The summed E-state index contributed by atoms with van der Waals surface area (Å²) in [5, 5.41) is 0.980. The van der Waals surface area contributed by atoms with Crippen LogP contribution in [0.2, 0.25) is 0 Å². The number of furan rings is 1. The van der Waals surface area contributed by atoms with Gasteiger partial charge in [-0.05, 0) is 25.0 Å². The van der Waals surface area contributed by atoms with Crippen molar-refractivity contribution in [3.8, 4) is 0 Å². The molecular formula is C16H19NO2. The molecule has 2 aromatic rings. The van der Waals surface area contributed by atoms with Gasteiger partial charge in [0.05, 0.1) is 0 Å². The summed E-state index contributed by atoms with van der Waals surface area (Å²) in [7, 11) is 0. The summed E-state index contributed by atoms with van der Waals surface area (Å²) in [5.74, 6) is 0.555. The summed E-state index contributed by atoms with van der Waals surface area (Å²) < 4.78 is 5.70. The van der Waals surface area contributed by atoms with Gasteiger partial charge in [-0.1, -0.05) is 37.5 Å². The Morgan fingerprint density at radius 1 is 1.21 bits per heavy atom. The van der Waals surface area contributed by atoms with E-state index in [1.807, 2.05) is 30.3 Å². The molecule has 1 aromatic heterocycles. The number of fused-ring (bicyclic) bond motifs is 1.